The zero-order valence-electron chi connectivity index (χ0n) is 14.9. The topological polar surface area (TPSA) is 37.3 Å². The summed E-state index contributed by atoms with van der Waals surface area (Å²) >= 11 is 3.52. The maximum atomic E-state index is 13.0. The number of rotatable bonds is 3. The second-order valence-corrected chi connectivity index (χ2v) is 7.37. The molecule has 0 spiro atoms. The molecule has 0 atom stereocenters. The number of hydrogen-bond acceptors (Lipinski definition) is 2. The van der Waals surface area contributed by atoms with Crippen LogP contribution in [0, 0.1) is 13.8 Å². The quantitative estimate of drug-likeness (QED) is 0.802. The zero-order chi connectivity index (χ0) is 17.3. The van der Waals surface area contributed by atoms with E-state index in [9.17, 15) is 4.79 Å². The number of aromatic nitrogens is 1. The van der Waals surface area contributed by atoms with Crippen molar-refractivity contribution in [2.24, 2.45) is 0 Å². The van der Waals surface area contributed by atoms with Crippen molar-refractivity contribution in [3.05, 3.63) is 51.8 Å². The smallest absolute Gasteiger partial charge is 0.255 e. The van der Waals surface area contributed by atoms with Gasteiger partial charge in [-0.2, -0.15) is 0 Å². The highest BCUT2D eigenvalue weighted by molar-refractivity contribution is 9.10. The van der Waals surface area contributed by atoms with Gasteiger partial charge in [-0.1, -0.05) is 22.0 Å². The van der Waals surface area contributed by atoms with Crippen LogP contribution < -0.4 is 5.32 Å². The van der Waals surface area contributed by atoms with Crippen LogP contribution in [0.25, 0.3) is 5.69 Å². The van der Waals surface area contributed by atoms with Gasteiger partial charge in [-0.3, -0.25) is 4.79 Å². The normalized spacial score (nSPS) is 15.1. The minimum atomic E-state index is 0. The van der Waals surface area contributed by atoms with E-state index in [2.05, 4.69) is 44.9 Å². The van der Waals surface area contributed by atoms with E-state index in [0.29, 0.717) is 6.04 Å². The van der Waals surface area contributed by atoms with E-state index in [1.807, 2.05) is 37.1 Å². The van der Waals surface area contributed by atoms with E-state index in [0.717, 1.165) is 53.0 Å². The Morgan fingerprint density at radius 3 is 2.48 bits per heavy atom. The highest BCUT2D eigenvalue weighted by atomic mass is 79.9. The Morgan fingerprint density at radius 1 is 1.20 bits per heavy atom. The first-order valence-corrected chi connectivity index (χ1v) is 9.22. The molecule has 0 radical (unpaired) electrons. The molecule has 136 valence electrons. The summed E-state index contributed by atoms with van der Waals surface area (Å²) in [5, 5.41) is 3.31. The van der Waals surface area contributed by atoms with Crippen LogP contribution in [0.4, 0.5) is 0 Å². The second kappa shape index (κ2) is 8.39. The van der Waals surface area contributed by atoms with Crippen molar-refractivity contribution in [2.45, 2.75) is 32.7 Å². The molecule has 2 aromatic rings. The van der Waals surface area contributed by atoms with Crippen molar-refractivity contribution in [3.63, 3.8) is 0 Å². The summed E-state index contributed by atoms with van der Waals surface area (Å²) in [4.78, 5) is 14.9. The number of nitrogens with zero attached hydrogens (tertiary/aromatic N) is 2. The van der Waals surface area contributed by atoms with Gasteiger partial charge in [0.1, 0.15) is 0 Å². The molecule has 0 unspecified atom stereocenters. The van der Waals surface area contributed by atoms with Crippen molar-refractivity contribution in [3.8, 4) is 5.69 Å². The van der Waals surface area contributed by atoms with Gasteiger partial charge in [0.15, 0.2) is 0 Å². The third kappa shape index (κ3) is 4.10. The van der Waals surface area contributed by atoms with Gasteiger partial charge in [-0.15, -0.1) is 12.4 Å². The van der Waals surface area contributed by atoms with Crippen molar-refractivity contribution < 1.29 is 4.79 Å². The summed E-state index contributed by atoms with van der Waals surface area (Å²) in [5.74, 6) is 0.152. The summed E-state index contributed by atoms with van der Waals surface area (Å²) < 4.78 is 3.19. The fourth-order valence-corrected chi connectivity index (χ4v) is 3.92. The van der Waals surface area contributed by atoms with E-state index in [1.54, 1.807) is 0 Å². The lowest BCUT2D eigenvalue weighted by molar-refractivity contribution is 0.0706. The third-order valence-electron chi connectivity index (χ3n) is 4.92. The average molecular weight is 427 g/mol. The number of aryl methyl sites for hydroxylation is 1. The summed E-state index contributed by atoms with van der Waals surface area (Å²) in [7, 11) is 1.99. The van der Waals surface area contributed by atoms with Crippen LogP contribution >= 0.6 is 28.3 Å². The predicted molar refractivity (Wildman–Crippen MR) is 108 cm³/mol. The van der Waals surface area contributed by atoms with Crippen LogP contribution in [0.5, 0.6) is 0 Å². The molecular weight excluding hydrogens is 402 g/mol. The van der Waals surface area contributed by atoms with Crippen LogP contribution in [-0.4, -0.2) is 41.6 Å². The summed E-state index contributed by atoms with van der Waals surface area (Å²) in [5.41, 5.74) is 3.98. The predicted octanol–water partition coefficient (Wildman–Crippen LogP) is 4.10. The Bertz CT molecular complexity index is 751. The third-order valence-corrected chi connectivity index (χ3v) is 5.41. The van der Waals surface area contributed by atoms with E-state index < -0.39 is 0 Å². The molecule has 2 heterocycles. The number of hydrogen-bond donors (Lipinski definition) is 1. The lowest BCUT2D eigenvalue weighted by Gasteiger charge is -2.31. The van der Waals surface area contributed by atoms with Gasteiger partial charge >= 0.3 is 0 Å². The molecular formula is C19H25BrClN3O. The molecule has 1 aliphatic heterocycles. The highest BCUT2D eigenvalue weighted by Crippen LogP contribution is 2.25. The molecule has 25 heavy (non-hydrogen) atoms. The molecule has 4 nitrogen and oxygen atoms in total. The molecule has 6 heteroatoms. The Morgan fingerprint density at radius 2 is 1.88 bits per heavy atom. The van der Waals surface area contributed by atoms with Crippen molar-refractivity contribution in [2.75, 3.05) is 20.1 Å². The molecule has 1 amide bonds. The number of nitrogens with one attached hydrogen (secondary N) is 1. The molecule has 1 aliphatic rings. The molecule has 1 saturated heterocycles. The van der Waals surface area contributed by atoms with Crippen LogP contribution in [-0.2, 0) is 0 Å². The van der Waals surface area contributed by atoms with Crippen LogP contribution in [0.3, 0.4) is 0 Å². The molecule has 3 rings (SSSR count). The number of carbonyl (C=O) groups is 1. The van der Waals surface area contributed by atoms with Gasteiger partial charge in [0.05, 0.1) is 5.56 Å². The number of amides is 1. The number of piperidine rings is 1. The Balaban J connectivity index is 0.00000225. The summed E-state index contributed by atoms with van der Waals surface area (Å²) in [6, 6.07) is 10.7. The number of likely N-dealkylation sites (tertiary alicyclic amines) is 1. The fraction of sp³-hybridized carbons (Fsp3) is 0.421. The van der Waals surface area contributed by atoms with Crippen molar-refractivity contribution in [1.29, 1.82) is 0 Å². The maximum absolute atomic E-state index is 13.0. The Hall–Kier alpha value is -1.30. The minimum Gasteiger partial charge on any atom is -0.338 e. The van der Waals surface area contributed by atoms with Gasteiger partial charge in [-0.05, 0) is 58.0 Å². The fourth-order valence-electron chi connectivity index (χ4n) is 3.53. The molecule has 0 bridgehead atoms. The Kier molecular flexibility index (Phi) is 6.72. The summed E-state index contributed by atoms with van der Waals surface area (Å²) in [6.45, 7) is 5.73. The zero-order valence-corrected chi connectivity index (χ0v) is 17.3. The molecule has 1 N–H and O–H groups in total. The number of carbonyl (C=O) groups excluding carboxylic acids is 1. The molecule has 1 aromatic carbocycles. The first kappa shape index (κ1) is 20.0. The summed E-state index contributed by atoms with van der Waals surface area (Å²) in [6.07, 6.45) is 2.04. The van der Waals surface area contributed by atoms with Gasteiger partial charge in [0.2, 0.25) is 0 Å². The van der Waals surface area contributed by atoms with Gasteiger partial charge in [0.25, 0.3) is 5.91 Å². The number of halogens is 2. The van der Waals surface area contributed by atoms with Crippen LogP contribution in [0.15, 0.2) is 34.8 Å². The van der Waals surface area contributed by atoms with Crippen molar-refractivity contribution in [1.82, 2.24) is 14.8 Å². The van der Waals surface area contributed by atoms with Crippen LogP contribution in [0.2, 0.25) is 0 Å². The van der Waals surface area contributed by atoms with Gasteiger partial charge in [-0.25, -0.2) is 0 Å². The average Bonchev–Trinajstić information content (AvgIpc) is 2.89. The standard InChI is InChI=1S/C19H24BrN3O.ClH/c1-13-11-18(19(24)22-9-7-16(21-3)8-10-22)14(2)23(13)17-6-4-5-15(20)12-17;/h4-6,11-12,16,21H,7-10H2,1-3H3;1H. The van der Waals surface area contributed by atoms with Gasteiger partial charge < -0.3 is 14.8 Å². The highest BCUT2D eigenvalue weighted by Gasteiger charge is 2.25. The van der Waals surface area contributed by atoms with E-state index in [1.165, 1.54) is 0 Å². The number of benzene rings is 1. The molecule has 1 fully saturated rings. The maximum Gasteiger partial charge on any atom is 0.255 e. The van der Waals surface area contributed by atoms with E-state index in [4.69, 9.17) is 0 Å². The molecule has 1 aromatic heterocycles. The molecule has 0 saturated carbocycles. The van der Waals surface area contributed by atoms with Crippen LogP contribution in [0.1, 0.15) is 34.6 Å². The largest absolute Gasteiger partial charge is 0.338 e. The van der Waals surface area contributed by atoms with Gasteiger partial charge in [0, 0.05) is 40.7 Å². The van der Waals surface area contributed by atoms with E-state index >= 15 is 0 Å². The van der Waals surface area contributed by atoms with Crippen molar-refractivity contribution >= 4 is 34.2 Å². The first-order valence-electron chi connectivity index (χ1n) is 8.42. The molecule has 0 aliphatic carbocycles. The lowest BCUT2D eigenvalue weighted by atomic mass is 10.0. The minimum absolute atomic E-state index is 0. The first-order chi connectivity index (χ1) is 11.5. The van der Waals surface area contributed by atoms with E-state index in [-0.39, 0.29) is 18.3 Å². The second-order valence-electron chi connectivity index (χ2n) is 6.46. The Labute approximate surface area is 164 Å². The monoisotopic (exact) mass is 425 g/mol. The lowest BCUT2D eigenvalue weighted by Crippen LogP contribution is -2.44. The SMILES string of the molecule is CNC1CCN(C(=O)c2cc(C)n(-c3cccc(Br)c3)c2C)CC1.Cl.